The number of anilines is 1. The molecular formula is C22H24N4O3S2. The third kappa shape index (κ3) is 4.84. The van der Waals surface area contributed by atoms with E-state index >= 15 is 0 Å². The van der Waals surface area contributed by atoms with E-state index in [1.54, 1.807) is 12.1 Å². The van der Waals surface area contributed by atoms with Gasteiger partial charge in [-0.3, -0.25) is 10.1 Å². The van der Waals surface area contributed by atoms with Gasteiger partial charge in [-0.15, -0.1) is 10.2 Å². The molecule has 3 aromatic rings. The minimum absolute atomic E-state index is 0.112. The van der Waals surface area contributed by atoms with Crippen LogP contribution < -0.4 is 5.32 Å². The minimum atomic E-state index is -3.71. The van der Waals surface area contributed by atoms with E-state index in [1.165, 1.54) is 33.3 Å². The molecule has 0 saturated heterocycles. The van der Waals surface area contributed by atoms with Gasteiger partial charge in [0.2, 0.25) is 15.2 Å². The number of sulfonamides is 1. The summed E-state index contributed by atoms with van der Waals surface area (Å²) in [5.41, 5.74) is 2.46. The highest BCUT2D eigenvalue weighted by molar-refractivity contribution is 7.89. The van der Waals surface area contributed by atoms with Crippen molar-refractivity contribution in [2.45, 2.75) is 44.0 Å². The smallest absolute Gasteiger partial charge is 0.257 e. The first-order valence-electron chi connectivity index (χ1n) is 10.3. The van der Waals surface area contributed by atoms with Crippen LogP contribution in [0, 0.1) is 0 Å². The second-order valence-electron chi connectivity index (χ2n) is 7.44. The Hall–Kier alpha value is -2.62. The van der Waals surface area contributed by atoms with Crippen molar-refractivity contribution in [1.82, 2.24) is 14.5 Å². The SMILES string of the molecule is CCCCc1nnc(NC(=O)c2cccc(S(=O)(=O)N3CCc4ccccc4C3)c2)s1. The van der Waals surface area contributed by atoms with Crippen molar-refractivity contribution in [3.8, 4) is 0 Å². The number of hydrogen-bond donors (Lipinski definition) is 1. The number of carbonyl (C=O) groups is 1. The Morgan fingerprint density at radius 2 is 1.94 bits per heavy atom. The van der Waals surface area contributed by atoms with Crippen molar-refractivity contribution in [2.24, 2.45) is 0 Å². The van der Waals surface area contributed by atoms with Crippen molar-refractivity contribution in [2.75, 3.05) is 11.9 Å². The molecule has 1 N–H and O–H groups in total. The molecule has 0 fully saturated rings. The Morgan fingerprint density at radius 1 is 1.13 bits per heavy atom. The van der Waals surface area contributed by atoms with E-state index < -0.39 is 15.9 Å². The molecule has 4 rings (SSSR count). The highest BCUT2D eigenvalue weighted by atomic mass is 32.2. The Labute approximate surface area is 186 Å². The fourth-order valence-electron chi connectivity index (χ4n) is 3.52. The van der Waals surface area contributed by atoms with Gasteiger partial charge in [-0.25, -0.2) is 8.42 Å². The number of benzene rings is 2. The van der Waals surface area contributed by atoms with Crippen LogP contribution in [-0.4, -0.2) is 35.4 Å². The first-order chi connectivity index (χ1) is 15.0. The summed E-state index contributed by atoms with van der Waals surface area (Å²) >= 11 is 1.34. The maximum absolute atomic E-state index is 13.2. The van der Waals surface area contributed by atoms with Gasteiger partial charge >= 0.3 is 0 Å². The third-order valence-corrected chi connectivity index (χ3v) is 8.00. The molecule has 0 bridgehead atoms. The van der Waals surface area contributed by atoms with Gasteiger partial charge in [-0.2, -0.15) is 4.31 Å². The number of aromatic nitrogens is 2. The van der Waals surface area contributed by atoms with E-state index in [9.17, 15) is 13.2 Å². The predicted octanol–water partition coefficient (Wildman–Crippen LogP) is 3.88. The van der Waals surface area contributed by atoms with Crippen LogP contribution in [0.3, 0.4) is 0 Å². The van der Waals surface area contributed by atoms with E-state index in [0.29, 0.717) is 24.6 Å². The first-order valence-corrected chi connectivity index (χ1v) is 12.5. The van der Waals surface area contributed by atoms with Crippen molar-refractivity contribution in [1.29, 1.82) is 0 Å². The molecular weight excluding hydrogens is 432 g/mol. The summed E-state index contributed by atoms with van der Waals surface area (Å²) < 4.78 is 27.9. The summed E-state index contributed by atoms with van der Waals surface area (Å²) in [7, 11) is -3.71. The van der Waals surface area contributed by atoms with Gasteiger partial charge < -0.3 is 0 Å². The number of fused-ring (bicyclic) bond motifs is 1. The van der Waals surface area contributed by atoms with E-state index in [-0.39, 0.29) is 10.5 Å². The van der Waals surface area contributed by atoms with Crippen molar-refractivity contribution >= 4 is 32.4 Å². The lowest BCUT2D eigenvalue weighted by atomic mass is 10.0. The summed E-state index contributed by atoms with van der Waals surface area (Å²) in [6.45, 7) is 2.86. The Bertz CT molecular complexity index is 1190. The van der Waals surface area contributed by atoms with Gasteiger partial charge in [0.05, 0.1) is 4.90 Å². The molecule has 1 amide bonds. The molecule has 1 aliphatic heterocycles. The molecule has 0 saturated carbocycles. The van der Waals surface area contributed by atoms with Crippen LogP contribution in [0.1, 0.15) is 46.3 Å². The molecule has 9 heteroatoms. The van der Waals surface area contributed by atoms with Crippen molar-refractivity contribution < 1.29 is 13.2 Å². The Kier molecular flexibility index (Phi) is 6.45. The van der Waals surface area contributed by atoms with Gasteiger partial charge in [-0.1, -0.05) is 55.0 Å². The zero-order chi connectivity index (χ0) is 21.8. The maximum Gasteiger partial charge on any atom is 0.257 e. The van der Waals surface area contributed by atoms with Crippen LogP contribution in [0.5, 0.6) is 0 Å². The average Bonchev–Trinajstić information content (AvgIpc) is 3.24. The van der Waals surface area contributed by atoms with E-state index in [1.807, 2.05) is 24.3 Å². The zero-order valence-corrected chi connectivity index (χ0v) is 18.9. The van der Waals surface area contributed by atoms with E-state index in [2.05, 4.69) is 22.4 Å². The first kappa shape index (κ1) is 21.6. The average molecular weight is 457 g/mol. The number of hydrogen-bond acceptors (Lipinski definition) is 6. The lowest BCUT2D eigenvalue weighted by Gasteiger charge is -2.28. The van der Waals surface area contributed by atoms with Gasteiger partial charge in [0.25, 0.3) is 5.91 Å². The standard InChI is InChI=1S/C22H24N4O3S2/c1-2-3-11-20-24-25-22(30-20)23-21(27)17-9-6-10-19(14-17)31(28,29)26-13-12-16-7-4-5-8-18(16)15-26/h4-10,14H,2-3,11-13,15H2,1H3,(H,23,25,27). The normalized spacial score (nSPS) is 14.2. The van der Waals surface area contributed by atoms with Crippen molar-refractivity contribution in [3.05, 3.63) is 70.2 Å². The molecule has 2 heterocycles. The molecule has 0 unspecified atom stereocenters. The number of amides is 1. The number of nitrogens with zero attached hydrogens (tertiary/aromatic N) is 3. The molecule has 1 aliphatic rings. The second-order valence-corrected chi connectivity index (χ2v) is 10.4. The van der Waals surface area contributed by atoms with Crippen LogP contribution in [0.25, 0.3) is 0 Å². The minimum Gasteiger partial charge on any atom is -0.296 e. The molecule has 31 heavy (non-hydrogen) atoms. The van der Waals surface area contributed by atoms with E-state index in [4.69, 9.17) is 0 Å². The van der Waals surface area contributed by atoms with Crippen molar-refractivity contribution in [3.63, 3.8) is 0 Å². The maximum atomic E-state index is 13.2. The Morgan fingerprint density at radius 3 is 2.74 bits per heavy atom. The summed E-state index contributed by atoms with van der Waals surface area (Å²) in [5.74, 6) is -0.403. The van der Waals surface area contributed by atoms with Gasteiger partial charge in [0.1, 0.15) is 5.01 Å². The van der Waals surface area contributed by atoms with Crippen LogP contribution in [0.4, 0.5) is 5.13 Å². The topological polar surface area (TPSA) is 92.3 Å². The summed E-state index contributed by atoms with van der Waals surface area (Å²) in [4.78, 5) is 12.8. The number of rotatable bonds is 7. The molecule has 1 aromatic heterocycles. The molecule has 7 nitrogen and oxygen atoms in total. The fraction of sp³-hybridized carbons (Fsp3) is 0.318. The number of aryl methyl sites for hydroxylation is 1. The van der Waals surface area contributed by atoms with Gasteiger partial charge in [0, 0.05) is 25.1 Å². The van der Waals surface area contributed by atoms with Crippen LogP contribution in [-0.2, 0) is 29.4 Å². The Balaban J connectivity index is 1.50. The zero-order valence-electron chi connectivity index (χ0n) is 17.2. The fourth-order valence-corrected chi connectivity index (χ4v) is 5.77. The summed E-state index contributed by atoms with van der Waals surface area (Å²) in [5, 5.41) is 12.1. The molecule has 0 radical (unpaired) electrons. The molecule has 162 valence electrons. The van der Waals surface area contributed by atoms with Crippen LogP contribution in [0.2, 0.25) is 0 Å². The predicted molar refractivity (Wildman–Crippen MR) is 121 cm³/mol. The lowest BCUT2D eigenvalue weighted by Crippen LogP contribution is -2.36. The second kappa shape index (κ2) is 9.25. The highest BCUT2D eigenvalue weighted by Crippen LogP contribution is 2.26. The number of carbonyl (C=O) groups excluding carboxylic acids is 1. The molecule has 0 spiro atoms. The van der Waals surface area contributed by atoms with Gasteiger partial charge in [0.15, 0.2) is 0 Å². The van der Waals surface area contributed by atoms with E-state index in [0.717, 1.165) is 29.8 Å². The molecule has 2 aromatic carbocycles. The van der Waals surface area contributed by atoms with Crippen LogP contribution in [0.15, 0.2) is 53.4 Å². The lowest BCUT2D eigenvalue weighted by molar-refractivity contribution is 0.102. The summed E-state index contributed by atoms with van der Waals surface area (Å²) in [6.07, 6.45) is 3.58. The largest absolute Gasteiger partial charge is 0.296 e. The number of unbranched alkanes of at least 4 members (excludes halogenated alkanes) is 1. The molecule has 0 aliphatic carbocycles. The third-order valence-electron chi connectivity index (χ3n) is 5.26. The monoisotopic (exact) mass is 456 g/mol. The quantitative estimate of drug-likeness (QED) is 0.582. The van der Waals surface area contributed by atoms with Gasteiger partial charge in [-0.05, 0) is 42.2 Å². The highest BCUT2D eigenvalue weighted by Gasteiger charge is 2.28. The van der Waals surface area contributed by atoms with Crippen LogP contribution >= 0.6 is 11.3 Å². The number of nitrogens with one attached hydrogen (secondary N) is 1. The molecule has 0 atom stereocenters. The summed E-state index contributed by atoms with van der Waals surface area (Å²) in [6, 6.07) is 14.0.